The van der Waals surface area contributed by atoms with E-state index < -0.39 is 11.9 Å². The predicted molar refractivity (Wildman–Crippen MR) is 114 cm³/mol. The monoisotopic (exact) mass is 410 g/mol. The minimum atomic E-state index is -0.675. The molecule has 0 saturated heterocycles. The molecule has 0 radical (unpaired) electrons. The Hall–Kier alpha value is -3.35. The Morgan fingerprint density at radius 1 is 1.03 bits per heavy atom. The Balaban J connectivity index is 2.03. The number of hydrogen-bond donors (Lipinski definition) is 1. The lowest BCUT2D eigenvalue weighted by Crippen LogP contribution is -2.28. The number of rotatable bonds is 5. The molecule has 0 unspecified atom stereocenters. The molecule has 2 aliphatic rings. The van der Waals surface area contributed by atoms with Gasteiger partial charge in [-0.05, 0) is 49.6 Å². The first-order valence-electron chi connectivity index (χ1n) is 9.93. The maximum atomic E-state index is 12.6. The van der Waals surface area contributed by atoms with Crippen LogP contribution in [0.4, 0.5) is 11.4 Å². The van der Waals surface area contributed by atoms with E-state index in [1.54, 1.807) is 29.3 Å². The molecule has 158 valence electrons. The summed E-state index contributed by atoms with van der Waals surface area (Å²) in [4.78, 5) is 39.1. The zero-order valence-corrected chi connectivity index (χ0v) is 17.4. The van der Waals surface area contributed by atoms with Gasteiger partial charge in [-0.15, -0.1) is 0 Å². The zero-order valence-electron chi connectivity index (χ0n) is 17.4. The molecule has 7 heteroatoms. The summed E-state index contributed by atoms with van der Waals surface area (Å²) in [5.41, 5.74) is 2.19. The van der Waals surface area contributed by atoms with E-state index in [-0.39, 0.29) is 23.1 Å². The highest BCUT2D eigenvalue weighted by Gasteiger charge is 2.29. The van der Waals surface area contributed by atoms with Gasteiger partial charge >= 0.3 is 11.9 Å². The second-order valence-electron chi connectivity index (χ2n) is 7.24. The van der Waals surface area contributed by atoms with Crippen LogP contribution in [0.1, 0.15) is 31.2 Å². The van der Waals surface area contributed by atoms with Crippen LogP contribution < -0.4 is 10.2 Å². The average molecular weight is 410 g/mol. The van der Waals surface area contributed by atoms with Gasteiger partial charge in [-0.1, -0.05) is 25.0 Å². The maximum Gasteiger partial charge on any atom is 0.355 e. The van der Waals surface area contributed by atoms with Gasteiger partial charge in [0.15, 0.2) is 0 Å². The Kier molecular flexibility index (Phi) is 6.72. The van der Waals surface area contributed by atoms with E-state index in [0.717, 1.165) is 31.2 Å². The number of esters is 2. The van der Waals surface area contributed by atoms with Crippen LogP contribution in [0.5, 0.6) is 0 Å². The van der Waals surface area contributed by atoms with E-state index in [1.165, 1.54) is 20.3 Å². The van der Waals surface area contributed by atoms with Gasteiger partial charge in [-0.25, -0.2) is 9.59 Å². The molecule has 3 rings (SSSR count). The second kappa shape index (κ2) is 9.43. The lowest BCUT2D eigenvalue weighted by atomic mass is 10.1. The maximum absolute atomic E-state index is 12.6. The van der Waals surface area contributed by atoms with Gasteiger partial charge < -0.3 is 19.7 Å². The van der Waals surface area contributed by atoms with Gasteiger partial charge in [0.25, 0.3) is 0 Å². The van der Waals surface area contributed by atoms with Gasteiger partial charge in [0.2, 0.25) is 5.91 Å². The van der Waals surface area contributed by atoms with E-state index in [4.69, 9.17) is 9.47 Å². The summed E-state index contributed by atoms with van der Waals surface area (Å²) in [6, 6.07) is 5.44. The van der Waals surface area contributed by atoms with Crippen LogP contribution in [0.2, 0.25) is 0 Å². The Bertz CT molecular complexity index is 939. The molecule has 1 heterocycles. The van der Waals surface area contributed by atoms with Crippen LogP contribution in [0.25, 0.3) is 0 Å². The van der Waals surface area contributed by atoms with Crippen molar-refractivity contribution in [1.29, 1.82) is 0 Å². The number of methoxy groups -OCH3 is 2. The number of amides is 1. The molecule has 0 bridgehead atoms. The van der Waals surface area contributed by atoms with Crippen LogP contribution in [0.3, 0.4) is 0 Å². The first-order chi connectivity index (χ1) is 14.5. The molecule has 1 aliphatic carbocycles. The van der Waals surface area contributed by atoms with Crippen molar-refractivity contribution in [3.8, 4) is 0 Å². The van der Waals surface area contributed by atoms with Crippen molar-refractivity contribution in [1.82, 2.24) is 0 Å². The van der Waals surface area contributed by atoms with E-state index in [9.17, 15) is 14.4 Å². The quantitative estimate of drug-likeness (QED) is 0.747. The molecule has 0 aromatic heterocycles. The van der Waals surface area contributed by atoms with E-state index >= 15 is 0 Å². The zero-order chi connectivity index (χ0) is 21.7. The van der Waals surface area contributed by atoms with Gasteiger partial charge in [-0.3, -0.25) is 4.79 Å². The Morgan fingerprint density at radius 3 is 2.40 bits per heavy atom. The second-order valence-corrected chi connectivity index (χ2v) is 7.24. The van der Waals surface area contributed by atoms with Crippen LogP contribution in [-0.2, 0) is 23.9 Å². The van der Waals surface area contributed by atoms with Crippen LogP contribution in [0.15, 0.2) is 53.9 Å². The first-order valence-corrected chi connectivity index (χ1v) is 9.93. The van der Waals surface area contributed by atoms with E-state index in [1.807, 2.05) is 19.1 Å². The summed E-state index contributed by atoms with van der Waals surface area (Å²) in [6.07, 6.45) is 10.5. The molecule has 1 N–H and O–H groups in total. The number of hydrogen-bond acceptors (Lipinski definition) is 6. The number of allylic oxidation sites excluding steroid dienone is 2. The highest BCUT2D eigenvalue weighted by molar-refractivity contribution is 6.06. The lowest BCUT2D eigenvalue weighted by Gasteiger charge is -2.26. The number of nitrogens with one attached hydrogen (secondary N) is 1. The summed E-state index contributed by atoms with van der Waals surface area (Å²) >= 11 is 0. The number of carbonyl (C=O) groups is 3. The standard InChI is InChI=1S/C23H26N2O5/c1-15-18(24-21(26)16-9-4-5-10-16)12-8-13-19(15)25-14-7-6-11-17(22(27)29-2)20(25)23(28)30-3/h6-8,11-14,16H,4-5,9-10H2,1-3H3,(H,24,26). The molecule has 1 aliphatic heterocycles. The summed E-state index contributed by atoms with van der Waals surface area (Å²) < 4.78 is 9.79. The molecule has 1 saturated carbocycles. The highest BCUT2D eigenvalue weighted by atomic mass is 16.5. The van der Waals surface area contributed by atoms with Crippen LogP contribution in [-0.4, -0.2) is 32.1 Å². The molecule has 0 spiro atoms. The number of carbonyl (C=O) groups excluding carboxylic acids is 3. The first kappa shape index (κ1) is 21.4. The SMILES string of the molecule is COC(=O)C1=C(C(=O)OC)N(c2cccc(NC(=O)C3CCCC3)c2C)C=CC=C1. The molecule has 1 fully saturated rings. The number of anilines is 2. The molecular weight excluding hydrogens is 384 g/mol. The fraction of sp³-hybridized carbons (Fsp3) is 0.348. The van der Waals surface area contributed by atoms with E-state index in [0.29, 0.717) is 11.4 Å². The average Bonchev–Trinajstić information content (AvgIpc) is 3.21. The molecule has 7 nitrogen and oxygen atoms in total. The molecule has 1 aromatic carbocycles. The van der Waals surface area contributed by atoms with Crippen molar-refractivity contribution < 1.29 is 23.9 Å². The Labute approximate surface area is 176 Å². The van der Waals surface area contributed by atoms with Crippen molar-refractivity contribution in [3.63, 3.8) is 0 Å². The molecular formula is C23H26N2O5. The topological polar surface area (TPSA) is 84.9 Å². The van der Waals surface area contributed by atoms with Gasteiger partial charge in [0.05, 0.1) is 25.5 Å². The number of ether oxygens (including phenoxy) is 2. The smallest absolute Gasteiger partial charge is 0.355 e. The molecule has 0 atom stereocenters. The highest BCUT2D eigenvalue weighted by Crippen LogP contribution is 2.33. The summed E-state index contributed by atoms with van der Waals surface area (Å²) in [7, 11) is 2.51. The largest absolute Gasteiger partial charge is 0.465 e. The fourth-order valence-corrected chi connectivity index (χ4v) is 3.79. The minimum Gasteiger partial charge on any atom is -0.465 e. The minimum absolute atomic E-state index is 0.0137. The summed E-state index contributed by atoms with van der Waals surface area (Å²) in [5, 5.41) is 3.02. The van der Waals surface area contributed by atoms with Crippen molar-refractivity contribution in [2.24, 2.45) is 5.92 Å². The normalized spacial score (nSPS) is 16.4. The van der Waals surface area contributed by atoms with E-state index in [2.05, 4.69) is 5.32 Å². The van der Waals surface area contributed by atoms with Crippen molar-refractivity contribution in [2.75, 3.05) is 24.4 Å². The van der Waals surface area contributed by atoms with Crippen molar-refractivity contribution in [3.05, 3.63) is 59.5 Å². The predicted octanol–water partition coefficient (Wildman–Crippen LogP) is 3.61. The lowest BCUT2D eigenvalue weighted by molar-refractivity contribution is -0.139. The molecule has 1 aromatic rings. The molecule has 30 heavy (non-hydrogen) atoms. The number of benzene rings is 1. The number of nitrogens with zero attached hydrogens (tertiary/aromatic N) is 1. The van der Waals surface area contributed by atoms with Gasteiger partial charge in [-0.2, -0.15) is 0 Å². The summed E-state index contributed by atoms with van der Waals surface area (Å²) in [6.45, 7) is 1.86. The third-order valence-electron chi connectivity index (χ3n) is 5.44. The van der Waals surface area contributed by atoms with Crippen molar-refractivity contribution >= 4 is 29.2 Å². The van der Waals surface area contributed by atoms with Gasteiger partial charge in [0, 0.05) is 17.8 Å². The third-order valence-corrected chi connectivity index (χ3v) is 5.44. The van der Waals surface area contributed by atoms with Crippen LogP contribution >= 0.6 is 0 Å². The Morgan fingerprint density at radius 2 is 1.73 bits per heavy atom. The van der Waals surface area contributed by atoms with Crippen LogP contribution in [0, 0.1) is 12.8 Å². The molecule has 1 amide bonds. The third kappa shape index (κ3) is 4.30. The fourth-order valence-electron chi connectivity index (χ4n) is 3.79. The van der Waals surface area contributed by atoms with Crippen molar-refractivity contribution in [2.45, 2.75) is 32.6 Å². The summed E-state index contributed by atoms with van der Waals surface area (Å²) in [5.74, 6) is -1.28. The van der Waals surface area contributed by atoms with Gasteiger partial charge in [0.1, 0.15) is 5.70 Å².